The summed E-state index contributed by atoms with van der Waals surface area (Å²) in [5, 5.41) is 7.11. The van der Waals surface area contributed by atoms with Crippen LogP contribution in [-0.2, 0) is 0 Å². The number of H-pyrrole nitrogens is 2. The Morgan fingerprint density at radius 3 is 1.32 bits per heavy atom. The van der Waals surface area contributed by atoms with Crippen molar-refractivity contribution in [2.45, 2.75) is 69.2 Å². The van der Waals surface area contributed by atoms with Crippen LogP contribution in [0.15, 0.2) is 203 Å². The number of benzene rings is 3. The number of nitrogens with zero attached hydrogens (tertiary/aromatic N) is 9. The van der Waals surface area contributed by atoms with Gasteiger partial charge in [-0.1, -0.05) is 84.9 Å². The van der Waals surface area contributed by atoms with Gasteiger partial charge in [-0.3, -0.25) is 34.9 Å². The van der Waals surface area contributed by atoms with Crippen molar-refractivity contribution in [3.63, 3.8) is 0 Å². The van der Waals surface area contributed by atoms with Crippen molar-refractivity contribution in [2.24, 2.45) is 15.0 Å². The number of fused-ring (bicyclic) bond motifs is 5. The maximum Gasteiger partial charge on any atom is 0.154 e. The van der Waals surface area contributed by atoms with E-state index < -0.39 is 0 Å². The lowest BCUT2D eigenvalue weighted by Gasteiger charge is -2.09. The molecule has 8 aromatic heterocycles. The van der Waals surface area contributed by atoms with Crippen LogP contribution in [0.3, 0.4) is 0 Å². The van der Waals surface area contributed by atoms with Gasteiger partial charge in [-0.15, -0.1) is 0 Å². The Morgan fingerprint density at radius 2 is 0.859 bits per heavy atom. The van der Waals surface area contributed by atoms with Crippen molar-refractivity contribution in [2.75, 3.05) is 0 Å². The maximum atomic E-state index is 4.76. The third-order valence-electron chi connectivity index (χ3n) is 12.7. The third kappa shape index (κ3) is 13.8. The molecule has 2 N–H and O–H groups in total. The lowest BCUT2D eigenvalue weighted by Crippen LogP contribution is -1.94. The van der Waals surface area contributed by atoms with E-state index in [9.17, 15) is 0 Å². The molecule has 2 aliphatic heterocycles. The molecular formula is C67H63N11. The molecule has 0 radical (unpaired) electrons. The van der Waals surface area contributed by atoms with Crippen LogP contribution in [-0.4, -0.2) is 57.1 Å². The number of pyridine rings is 6. The van der Waals surface area contributed by atoms with E-state index in [2.05, 4.69) is 156 Å². The number of rotatable bonds is 4. The molecule has 0 spiro atoms. The molecule has 11 aromatic rings. The van der Waals surface area contributed by atoms with Gasteiger partial charge in [0.2, 0.25) is 0 Å². The zero-order valence-electron chi connectivity index (χ0n) is 45.9. The predicted molar refractivity (Wildman–Crippen MR) is 326 cm³/mol. The summed E-state index contributed by atoms with van der Waals surface area (Å²) >= 11 is 0. The van der Waals surface area contributed by atoms with Gasteiger partial charge in [0, 0.05) is 84.2 Å². The number of aromatic nitrogens is 8. The molecule has 78 heavy (non-hydrogen) atoms. The second-order valence-electron chi connectivity index (χ2n) is 19.4. The largest absolute Gasteiger partial charge is 0.359 e. The number of hydrogen-bond acceptors (Lipinski definition) is 8. The van der Waals surface area contributed by atoms with Crippen molar-refractivity contribution < 1.29 is 0 Å². The number of hydrogen-bond donors (Lipinski definition) is 2. The van der Waals surface area contributed by atoms with Gasteiger partial charge in [-0.25, -0.2) is 9.98 Å². The highest BCUT2D eigenvalue weighted by Gasteiger charge is 2.10. The van der Waals surface area contributed by atoms with Crippen molar-refractivity contribution in [3.05, 3.63) is 239 Å². The zero-order valence-corrected chi connectivity index (χ0v) is 45.9. The molecule has 11 heteroatoms. The standard InChI is InChI=1S/C20H16N2.C14H12N2.C12H12N2.C11H12N2.C10H11N3/c1-13-17-9-5-3-7-15(17)11-19(21-13)20-12-16-8-4-6-10-18(16)14(2)22-20;1-9-3-5-11-7-8-12-6-4-10(2)16-14(12)13(11)15-9;1-9-5-3-7-11(13-9)12-8-4-6-10(2)14-12;1-8-3-5-10(12-8)7-11-6-4-9(2)13-11;1-7-3-5-9(11-7)13-10-6-4-8(2)12-10/h3-12H,1-2H3;3-8H,1-2H3;3-8H,1-2H3;3-7,12H,1-2H3;3-6,11H,1-2H3/b;;;11-7-;. The fourth-order valence-corrected chi connectivity index (χ4v) is 8.87. The van der Waals surface area contributed by atoms with Crippen LogP contribution in [0, 0.1) is 55.4 Å². The third-order valence-corrected chi connectivity index (χ3v) is 12.7. The summed E-state index contributed by atoms with van der Waals surface area (Å²) in [4.78, 5) is 46.8. The first-order valence-corrected chi connectivity index (χ1v) is 26.0. The van der Waals surface area contributed by atoms with Gasteiger partial charge >= 0.3 is 0 Å². The van der Waals surface area contributed by atoms with E-state index in [0.29, 0.717) is 0 Å². The second kappa shape index (κ2) is 24.4. The number of aryl methyl sites for hydroxylation is 8. The Morgan fingerprint density at radius 1 is 0.372 bits per heavy atom. The minimum atomic E-state index is 0.763. The molecule has 0 aliphatic carbocycles. The van der Waals surface area contributed by atoms with Crippen LogP contribution in [0.5, 0.6) is 0 Å². The van der Waals surface area contributed by atoms with Crippen molar-refractivity contribution in [1.29, 1.82) is 0 Å². The highest BCUT2D eigenvalue weighted by atomic mass is 15.0. The molecule has 0 saturated carbocycles. The number of aromatic amines is 2. The van der Waals surface area contributed by atoms with E-state index in [1.54, 1.807) is 0 Å². The van der Waals surface area contributed by atoms with Gasteiger partial charge in [0.1, 0.15) is 5.82 Å². The van der Waals surface area contributed by atoms with Gasteiger partial charge < -0.3 is 9.97 Å². The summed E-state index contributed by atoms with van der Waals surface area (Å²) in [5.74, 6) is 1.62. The molecule has 10 heterocycles. The molecule has 0 unspecified atom stereocenters. The first-order valence-electron chi connectivity index (χ1n) is 26.0. The molecule has 0 fully saturated rings. The maximum absolute atomic E-state index is 4.76. The van der Waals surface area contributed by atoms with E-state index in [1.807, 2.05) is 146 Å². The number of amidine groups is 1. The van der Waals surface area contributed by atoms with E-state index in [1.165, 1.54) is 27.2 Å². The van der Waals surface area contributed by atoms with Gasteiger partial charge in [0.15, 0.2) is 5.84 Å². The summed E-state index contributed by atoms with van der Waals surface area (Å²) in [5.41, 5.74) is 18.4. The van der Waals surface area contributed by atoms with Gasteiger partial charge in [-0.05, 0) is 183 Å². The molecule has 386 valence electrons. The zero-order chi connectivity index (χ0) is 54.7. The van der Waals surface area contributed by atoms with Gasteiger partial charge in [0.25, 0.3) is 0 Å². The second-order valence-corrected chi connectivity index (χ2v) is 19.4. The van der Waals surface area contributed by atoms with Crippen LogP contribution in [0.2, 0.25) is 0 Å². The Kier molecular flexibility index (Phi) is 16.6. The highest BCUT2D eigenvalue weighted by Crippen LogP contribution is 2.28. The lowest BCUT2D eigenvalue weighted by atomic mass is 10.1. The summed E-state index contributed by atoms with van der Waals surface area (Å²) in [6, 6.07) is 53.4. The van der Waals surface area contributed by atoms with Crippen LogP contribution >= 0.6 is 0 Å². The molecule has 2 aliphatic rings. The fraction of sp³-hybridized carbons (Fsp3) is 0.149. The van der Waals surface area contributed by atoms with Crippen molar-refractivity contribution >= 4 is 72.5 Å². The first-order chi connectivity index (χ1) is 37.7. The lowest BCUT2D eigenvalue weighted by molar-refractivity contribution is 1.15. The van der Waals surface area contributed by atoms with Gasteiger partial charge in [0.05, 0.1) is 39.5 Å². The monoisotopic (exact) mass is 1020 g/mol. The Labute approximate surface area is 456 Å². The molecule has 0 saturated heterocycles. The van der Waals surface area contributed by atoms with Gasteiger partial charge in [-0.2, -0.15) is 0 Å². The summed E-state index contributed by atoms with van der Waals surface area (Å²) in [6.07, 6.45) is 9.94. The van der Waals surface area contributed by atoms with Crippen molar-refractivity contribution in [3.8, 4) is 22.8 Å². The number of allylic oxidation sites excluding steroid dienone is 3. The molecule has 0 amide bonds. The van der Waals surface area contributed by atoms with Crippen LogP contribution < -0.4 is 0 Å². The highest BCUT2D eigenvalue weighted by molar-refractivity contribution is 6.14. The average molecular weight is 1020 g/mol. The minimum absolute atomic E-state index is 0.763. The molecule has 3 aromatic carbocycles. The van der Waals surface area contributed by atoms with Crippen molar-refractivity contribution in [1.82, 2.24) is 39.9 Å². The predicted octanol–water partition coefficient (Wildman–Crippen LogP) is 16.3. The summed E-state index contributed by atoms with van der Waals surface area (Å²) in [6.45, 7) is 20.1. The van der Waals surface area contributed by atoms with E-state index in [4.69, 9.17) is 9.97 Å². The Hall–Kier alpha value is -9.61. The first kappa shape index (κ1) is 53.2. The molecule has 11 nitrogen and oxygen atoms in total. The summed E-state index contributed by atoms with van der Waals surface area (Å²) in [7, 11) is 0. The molecule has 0 bridgehead atoms. The topological polar surface area (TPSA) is 146 Å². The molecule has 13 rings (SSSR count). The number of aliphatic imine (C=N–C) groups is 3. The Balaban J connectivity index is 0.000000121. The van der Waals surface area contributed by atoms with Crippen LogP contribution in [0.1, 0.15) is 65.1 Å². The molecule has 0 atom stereocenters. The fourth-order valence-electron chi connectivity index (χ4n) is 8.87. The average Bonchev–Trinajstić information content (AvgIpc) is 4.27. The SMILES string of the molecule is CC1=N/C(=C\c2ccc(C)[nH]2)C=C1.CC1=NC(=Nc2ccc(C)[nH]2)C=C1.Cc1ccc2ccc3ccc(C)nc3c2n1.Cc1cccc(-c2cccc(C)n2)n1.Cc1nc(-c2cc3ccccc3c(C)n2)cc2ccccc12. The Bertz CT molecular complexity index is 3900. The minimum Gasteiger partial charge on any atom is -0.359 e. The quantitative estimate of drug-likeness (QED) is 0.168. The van der Waals surface area contributed by atoms with E-state index >= 15 is 0 Å². The number of nitrogens with one attached hydrogen (secondary N) is 2. The van der Waals surface area contributed by atoms with E-state index in [0.717, 1.165) is 119 Å². The summed E-state index contributed by atoms with van der Waals surface area (Å²) < 4.78 is 0. The smallest absolute Gasteiger partial charge is 0.154 e. The van der Waals surface area contributed by atoms with E-state index in [-0.39, 0.29) is 0 Å². The normalized spacial score (nSPS) is 13.4. The van der Waals surface area contributed by atoms with Crippen LogP contribution in [0.25, 0.3) is 72.2 Å². The van der Waals surface area contributed by atoms with Crippen LogP contribution in [0.4, 0.5) is 5.82 Å². The molecular weight excluding hydrogens is 959 g/mol.